The van der Waals surface area contributed by atoms with E-state index in [9.17, 15) is 9.90 Å². The fourth-order valence-electron chi connectivity index (χ4n) is 7.60. The van der Waals surface area contributed by atoms with Crippen molar-refractivity contribution in [2.75, 3.05) is 0 Å². The second-order valence-corrected chi connectivity index (χ2v) is 9.91. The largest absolute Gasteiger partial charge is 0.389 e. The molecule has 1 N–H and O–H groups in total. The molecular formula is C22H34O2. The third kappa shape index (κ3) is 1.95. The highest BCUT2D eigenvalue weighted by atomic mass is 16.3. The van der Waals surface area contributed by atoms with Crippen LogP contribution in [0.2, 0.25) is 0 Å². The smallest absolute Gasteiger partial charge is 0.155 e. The molecule has 6 unspecified atom stereocenters. The summed E-state index contributed by atoms with van der Waals surface area (Å²) in [5.74, 6) is 3.07. The molecule has 3 saturated carbocycles. The Morgan fingerprint density at radius 3 is 2.58 bits per heavy atom. The molecule has 0 heterocycles. The summed E-state index contributed by atoms with van der Waals surface area (Å²) in [4.78, 5) is 12.0. The Morgan fingerprint density at radius 1 is 1.17 bits per heavy atom. The first kappa shape index (κ1) is 16.8. The summed E-state index contributed by atoms with van der Waals surface area (Å²) in [7, 11) is 0. The molecule has 0 aliphatic heterocycles. The SMILES string of the molecule is CC[C@]1(O)CCC2C3C(C)CC4=CC(=O)CCC4(C)C3CCC21C. The van der Waals surface area contributed by atoms with Gasteiger partial charge in [-0.15, -0.1) is 0 Å². The zero-order valence-corrected chi connectivity index (χ0v) is 15.9. The quantitative estimate of drug-likeness (QED) is 0.742. The molecule has 0 radical (unpaired) electrons. The van der Waals surface area contributed by atoms with E-state index in [-0.39, 0.29) is 10.8 Å². The van der Waals surface area contributed by atoms with Crippen molar-refractivity contribution in [3.63, 3.8) is 0 Å². The highest BCUT2D eigenvalue weighted by molar-refractivity contribution is 5.91. The van der Waals surface area contributed by atoms with Crippen molar-refractivity contribution in [2.45, 2.75) is 84.7 Å². The summed E-state index contributed by atoms with van der Waals surface area (Å²) in [5.41, 5.74) is 1.32. The van der Waals surface area contributed by atoms with Crippen molar-refractivity contribution < 1.29 is 9.90 Å². The number of hydrogen-bond acceptors (Lipinski definition) is 2. The van der Waals surface area contributed by atoms with Crippen LogP contribution in [0.3, 0.4) is 0 Å². The normalized spacial score (nSPS) is 53.9. The Morgan fingerprint density at radius 2 is 1.88 bits per heavy atom. The topological polar surface area (TPSA) is 37.3 Å². The number of rotatable bonds is 1. The van der Waals surface area contributed by atoms with E-state index in [4.69, 9.17) is 0 Å². The van der Waals surface area contributed by atoms with Crippen LogP contribution >= 0.6 is 0 Å². The van der Waals surface area contributed by atoms with Crippen LogP contribution in [0.15, 0.2) is 11.6 Å². The Bertz CT molecular complexity index is 593. The molecule has 0 saturated heterocycles. The minimum absolute atomic E-state index is 0.0965. The van der Waals surface area contributed by atoms with Crippen LogP contribution in [0.25, 0.3) is 0 Å². The van der Waals surface area contributed by atoms with Crippen molar-refractivity contribution >= 4 is 5.78 Å². The molecule has 3 fully saturated rings. The molecule has 0 aromatic rings. The maximum absolute atomic E-state index is 12.0. The van der Waals surface area contributed by atoms with Gasteiger partial charge in [0.1, 0.15) is 0 Å². The van der Waals surface area contributed by atoms with Gasteiger partial charge in [-0.25, -0.2) is 0 Å². The van der Waals surface area contributed by atoms with Crippen LogP contribution in [0, 0.1) is 34.5 Å². The third-order valence-corrected chi connectivity index (χ3v) is 9.22. The minimum atomic E-state index is -0.456. The van der Waals surface area contributed by atoms with Gasteiger partial charge in [-0.2, -0.15) is 0 Å². The number of carbonyl (C=O) groups is 1. The summed E-state index contributed by atoms with van der Waals surface area (Å²) in [6.07, 6.45) is 10.3. The van der Waals surface area contributed by atoms with Crippen molar-refractivity contribution in [1.29, 1.82) is 0 Å². The molecule has 0 aromatic carbocycles. The number of fused-ring (bicyclic) bond motifs is 5. The summed E-state index contributed by atoms with van der Waals surface area (Å²) in [5, 5.41) is 11.3. The Balaban J connectivity index is 1.73. The average molecular weight is 331 g/mol. The number of aliphatic hydroxyl groups is 1. The lowest BCUT2D eigenvalue weighted by atomic mass is 9.44. The Hall–Kier alpha value is -0.630. The molecule has 7 atom stereocenters. The van der Waals surface area contributed by atoms with Crippen LogP contribution in [0.1, 0.15) is 79.1 Å². The highest BCUT2D eigenvalue weighted by Crippen LogP contribution is 2.68. The molecule has 24 heavy (non-hydrogen) atoms. The first-order valence-corrected chi connectivity index (χ1v) is 10.2. The third-order valence-electron chi connectivity index (χ3n) is 9.22. The van der Waals surface area contributed by atoms with Gasteiger partial charge in [-0.1, -0.05) is 33.3 Å². The lowest BCUT2D eigenvalue weighted by Crippen LogP contribution is -2.56. The molecule has 0 amide bonds. The predicted octanol–water partition coefficient (Wildman–Crippen LogP) is 4.91. The van der Waals surface area contributed by atoms with E-state index < -0.39 is 5.60 Å². The van der Waals surface area contributed by atoms with E-state index in [0.29, 0.717) is 23.5 Å². The lowest BCUT2D eigenvalue weighted by molar-refractivity contribution is -0.140. The number of ketones is 1. The second-order valence-electron chi connectivity index (χ2n) is 9.91. The maximum atomic E-state index is 12.0. The average Bonchev–Trinajstić information content (AvgIpc) is 2.82. The van der Waals surface area contributed by atoms with Crippen molar-refractivity contribution in [1.82, 2.24) is 0 Å². The van der Waals surface area contributed by atoms with Gasteiger partial charge in [0.2, 0.25) is 0 Å². The Labute approximate surface area is 147 Å². The summed E-state index contributed by atoms with van der Waals surface area (Å²) < 4.78 is 0. The van der Waals surface area contributed by atoms with Crippen LogP contribution in [-0.2, 0) is 4.79 Å². The molecule has 4 aliphatic carbocycles. The van der Waals surface area contributed by atoms with Gasteiger partial charge >= 0.3 is 0 Å². The lowest BCUT2D eigenvalue weighted by Gasteiger charge is -2.61. The van der Waals surface area contributed by atoms with Gasteiger partial charge < -0.3 is 5.11 Å². The van der Waals surface area contributed by atoms with Crippen LogP contribution < -0.4 is 0 Å². The van der Waals surface area contributed by atoms with Gasteiger partial charge in [0.25, 0.3) is 0 Å². The number of allylic oxidation sites excluding steroid dienone is 1. The first-order valence-electron chi connectivity index (χ1n) is 10.2. The molecule has 0 aromatic heterocycles. The minimum Gasteiger partial charge on any atom is -0.389 e. The molecule has 4 rings (SSSR count). The summed E-state index contributed by atoms with van der Waals surface area (Å²) >= 11 is 0. The monoisotopic (exact) mass is 330 g/mol. The zero-order chi connectivity index (χ0) is 17.3. The molecule has 134 valence electrons. The van der Waals surface area contributed by atoms with Crippen molar-refractivity contribution in [3.8, 4) is 0 Å². The molecule has 2 nitrogen and oxygen atoms in total. The van der Waals surface area contributed by atoms with E-state index in [2.05, 4.69) is 27.7 Å². The molecular weight excluding hydrogens is 296 g/mol. The summed E-state index contributed by atoms with van der Waals surface area (Å²) in [6.45, 7) is 9.40. The maximum Gasteiger partial charge on any atom is 0.155 e. The second kappa shape index (κ2) is 5.19. The van der Waals surface area contributed by atoms with Gasteiger partial charge in [0, 0.05) is 6.42 Å². The highest BCUT2D eigenvalue weighted by Gasteiger charge is 2.64. The van der Waals surface area contributed by atoms with Crippen molar-refractivity contribution in [3.05, 3.63) is 11.6 Å². The van der Waals surface area contributed by atoms with Gasteiger partial charge in [0.15, 0.2) is 5.78 Å². The number of carbonyl (C=O) groups excluding carboxylic acids is 1. The van der Waals surface area contributed by atoms with E-state index >= 15 is 0 Å². The predicted molar refractivity (Wildman–Crippen MR) is 96.5 cm³/mol. The molecule has 4 aliphatic rings. The van der Waals surface area contributed by atoms with Crippen LogP contribution in [-0.4, -0.2) is 16.5 Å². The van der Waals surface area contributed by atoms with Crippen LogP contribution in [0.4, 0.5) is 0 Å². The van der Waals surface area contributed by atoms with Gasteiger partial charge in [0.05, 0.1) is 5.60 Å². The first-order chi connectivity index (χ1) is 11.2. The number of hydrogen-bond donors (Lipinski definition) is 1. The molecule has 0 bridgehead atoms. The van der Waals surface area contributed by atoms with Crippen molar-refractivity contribution in [2.24, 2.45) is 34.5 Å². The molecule has 2 heteroatoms. The fraction of sp³-hybridized carbons (Fsp3) is 0.864. The van der Waals surface area contributed by atoms with E-state index in [1.807, 2.05) is 6.08 Å². The van der Waals surface area contributed by atoms with Crippen LogP contribution in [0.5, 0.6) is 0 Å². The van der Waals surface area contributed by atoms with Gasteiger partial charge in [-0.05, 0) is 85.5 Å². The molecule has 0 spiro atoms. The van der Waals surface area contributed by atoms with Gasteiger partial charge in [-0.3, -0.25) is 4.79 Å². The van der Waals surface area contributed by atoms with E-state index in [0.717, 1.165) is 44.4 Å². The summed E-state index contributed by atoms with van der Waals surface area (Å²) in [6, 6.07) is 0. The fourth-order valence-corrected chi connectivity index (χ4v) is 7.60. The van der Waals surface area contributed by atoms with E-state index in [1.165, 1.54) is 18.4 Å². The Kier molecular flexibility index (Phi) is 3.64. The zero-order valence-electron chi connectivity index (χ0n) is 15.9. The van der Waals surface area contributed by atoms with E-state index in [1.54, 1.807) is 0 Å². The standard InChI is InChI=1S/C22H34O2/c1-5-22(24)11-8-18-19-14(2)12-15-13-16(23)6-9-20(15,3)17(19)7-10-21(18,22)4/h13-14,17-19,24H,5-12H2,1-4H3/t14?,17?,18?,19?,20?,21?,22-/m0/s1.